The van der Waals surface area contributed by atoms with Gasteiger partial charge in [-0.15, -0.1) is 0 Å². The molecule has 8 rings (SSSR count). The zero-order valence-corrected chi connectivity index (χ0v) is 20.0. The van der Waals surface area contributed by atoms with Crippen LogP contribution in [0, 0.1) is 11.8 Å². The monoisotopic (exact) mass is 484 g/mol. The molecule has 37 heavy (non-hydrogen) atoms. The summed E-state index contributed by atoms with van der Waals surface area (Å²) in [4.78, 5) is 44.4. The van der Waals surface area contributed by atoms with Crippen LogP contribution in [0.5, 0.6) is 0 Å². The predicted octanol–water partition coefficient (Wildman–Crippen LogP) is 5.24. The van der Waals surface area contributed by atoms with Gasteiger partial charge in [-0.2, -0.15) is 0 Å². The van der Waals surface area contributed by atoms with Gasteiger partial charge in [-0.25, -0.2) is 0 Å². The molecule has 3 aliphatic carbocycles. The molecular weight excluding hydrogens is 460 g/mol. The lowest BCUT2D eigenvalue weighted by Gasteiger charge is -2.45. The van der Waals surface area contributed by atoms with Crippen molar-refractivity contribution in [3.63, 3.8) is 0 Å². The quantitative estimate of drug-likeness (QED) is 0.372. The maximum Gasteiger partial charge on any atom is 0.251 e. The van der Waals surface area contributed by atoms with Crippen LogP contribution in [-0.2, 0) is 14.4 Å². The summed E-state index contributed by atoms with van der Waals surface area (Å²) in [6.45, 7) is -0.291. The minimum atomic E-state index is -0.489. The average molecular weight is 485 g/mol. The molecule has 0 unspecified atom stereocenters. The van der Waals surface area contributed by atoms with E-state index in [-0.39, 0.29) is 36.1 Å². The van der Waals surface area contributed by atoms with Gasteiger partial charge in [0.15, 0.2) is 0 Å². The fraction of sp³-hybridized carbons (Fsp3) is 0.156. The van der Waals surface area contributed by atoms with Crippen molar-refractivity contribution in [2.45, 2.75) is 11.8 Å². The normalized spacial score (nSPS) is 22.9. The van der Waals surface area contributed by atoms with Gasteiger partial charge in [0.05, 0.1) is 11.8 Å². The number of anilines is 2. The summed E-state index contributed by atoms with van der Waals surface area (Å²) in [6.07, 6.45) is 0. The number of hydrogen-bond donors (Lipinski definition) is 0. The third-order valence-corrected chi connectivity index (χ3v) is 8.11. The van der Waals surface area contributed by atoms with Gasteiger partial charge in [-0.3, -0.25) is 24.2 Å². The first-order valence-electron chi connectivity index (χ1n) is 12.6. The first-order valence-corrected chi connectivity index (χ1v) is 12.6. The van der Waals surface area contributed by atoms with Crippen LogP contribution in [0.1, 0.15) is 34.1 Å². The van der Waals surface area contributed by atoms with Crippen LogP contribution in [0.3, 0.4) is 0 Å². The lowest BCUT2D eigenvalue weighted by Crippen LogP contribution is -2.41. The molecule has 0 radical (unpaired) electrons. The molecule has 0 N–H and O–H groups in total. The van der Waals surface area contributed by atoms with Gasteiger partial charge in [-0.05, 0) is 46.5 Å². The van der Waals surface area contributed by atoms with Crippen molar-refractivity contribution in [1.82, 2.24) is 4.90 Å². The van der Waals surface area contributed by atoms with Crippen LogP contribution in [-0.4, -0.2) is 29.2 Å². The van der Waals surface area contributed by atoms with Gasteiger partial charge in [0, 0.05) is 23.2 Å². The molecule has 4 aliphatic rings. The molecule has 1 fully saturated rings. The number of hydrogen-bond acceptors (Lipinski definition) is 3. The summed E-state index contributed by atoms with van der Waals surface area (Å²) in [7, 11) is 0. The van der Waals surface area contributed by atoms with E-state index in [1.807, 2.05) is 84.9 Å². The summed E-state index contributed by atoms with van der Waals surface area (Å²) < 4.78 is 0. The van der Waals surface area contributed by atoms with Crippen molar-refractivity contribution in [3.8, 4) is 0 Å². The van der Waals surface area contributed by atoms with Gasteiger partial charge in [-0.1, -0.05) is 84.9 Å². The van der Waals surface area contributed by atoms with Gasteiger partial charge >= 0.3 is 0 Å². The fourth-order valence-electron chi connectivity index (χ4n) is 6.69. The Balaban J connectivity index is 1.27. The minimum absolute atomic E-state index is 0.182. The Morgan fingerprint density at radius 3 is 1.30 bits per heavy atom. The van der Waals surface area contributed by atoms with E-state index < -0.39 is 11.8 Å². The first kappa shape index (κ1) is 21.7. The van der Waals surface area contributed by atoms with Crippen molar-refractivity contribution in [2.75, 3.05) is 11.4 Å². The van der Waals surface area contributed by atoms with Crippen LogP contribution in [0.4, 0.5) is 11.4 Å². The SMILES string of the molecule is O=C1[C@@H]2C3c4ccccc4C(c4ccccc43)[C@H]2C(=O)N1CC(=O)N(c1ccccc1)c1ccccc1. The number of benzene rings is 4. The second-order valence-electron chi connectivity index (χ2n) is 9.93. The van der Waals surface area contributed by atoms with Crippen LogP contribution >= 0.6 is 0 Å². The van der Waals surface area contributed by atoms with Gasteiger partial charge in [0.2, 0.25) is 11.8 Å². The molecule has 0 spiro atoms. The number of likely N-dealkylation sites (tertiary alicyclic amines) is 1. The van der Waals surface area contributed by atoms with E-state index >= 15 is 0 Å². The molecule has 2 atom stereocenters. The van der Waals surface area contributed by atoms with E-state index in [0.29, 0.717) is 11.4 Å². The van der Waals surface area contributed by atoms with Crippen LogP contribution < -0.4 is 4.90 Å². The molecule has 4 aromatic carbocycles. The topological polar surface area (TPSA) is 57.7 Å². The highest BCUT2D eigenvalue weighted by Crippen LogP contribution is 2.60. The third-order valence-electron chi connectivity index (χ3n) is 8.11. The summed E-state index contributed by atoms with van der Waals surface area (Å²) in [5, 5.41) is 0. The van der Waals surface area contributed by atoms with Crippen molar-refractivity contribution in [1.29, 1.82) is 0 Å². The molecule has 1 saturated heterocycles. The zero-order valence-electron chi connectivity index (χ0n) is 20.0. The maximum atomic E-state index is 13.9. The number of nitrogens with zero attached hydrogens (tertiary/aromatic N) is 2. The highest BCUT2D eigenvalue weighted by atomic mass is 16.2. The standard InChI is InChI=1S/C32H24N2O3/c35-26(34(20-11-3-1-4-12-20)21-13-5-2-6-14-21)19-33-31(36)29-27-22-15-7-8-16-23(22)28(30(29)32(33)37)25-18-10-9-17-24(25)27/h1-18,27-30H,19H2/t27?,28?,29-,30-/m1/s1. The average Bonchev–Trinajstić information content (AvgIpc) is 3.20. The van der Waals surface area contributed by atoms with E-state index in [0.717, 1.165) is 22.3 Å². The first-order chi connectivity index (χ1) is 18.1. The van der Waals surface area contributed by atoms with E-state index in [1.165, 1.54) is 4.90 Å². The number of rotatable bonds is 4. The molecule has 4 aromatic rings. The van der Waals surface area contributed by atoms with Crippen LogP contribution in [0.2, 0.25) is 0 Å². The maximum absolute atomic E-state index is 13.9. The van der Waals surface area contributed by atoms with Crippen molar-refractivity contribution in [2.24, 2.45) is 11.8 Å². The molecule has 1 aliphatic heterocycles. The molecule has 3 amide bonds. The summed E-state index contributed by atoms with van der Waals surface area (Å²) >= 11 is 0. The summed E-state index contributed by atoms with van der Waals surface area (Å²) in [5.41, 5.74) is 5.87. The largest absolute Gasteiger partial charge is 0.280 e. The van der Waals surface area contributed by atoms with Crippen LogP contribution in [0.15, 0.2) is 109 Å². The Morgan fingerprint density at radius 1 is 0.568 bits per heavy atom. The molecular formula is C32H24N2O3. The van der Waals surface area contributed by atoms with Crippen LogP contribution in [0.25, 0.3) is 0 Å². The van der Waals surface area contributed by atoms with Crippen molar-refractivity contribution < 1.29 is 14.4 Å². The number of para-hydroxylation sites is 2. The third kappa shape index (κ3) is 3.13. The molecule has 1 heterocycles. The second kappa shape index (κ2) is 8.27. The Bertz CT molecular complexity index is 1390. The van der Waals surface area contributed by atoms with E-state index in [1.54, 1.807) is 4.90 Å². The Kier molecular flexibility index (Phi) is 4.86. The second-order valence-corrected chi connectivity index (χ2v) is 9.93. The lowest BCUT2D eigenvalue weighted by atomic mass is 9.55. The Labute approximate surface area is 215 Å². The molecule has 180 valence electrons. The number of imide groups is 1. The molecule has 0 aromatic heterocycles. The predicted molar refractivity (Wildman–Crippen MR) is 140 cm³/mol. The Morgan fingerprint density at radius 2 is 0.919 bits per heavy atom. The van der Waals surface area contributed by atoms with E-state index in [2.05, 4.69) is 24.3 Å². The Hall–Kier alpha value is -4.51. The van der Waals surface area contributed by atoms with Gasteiger partial charge in [0.1, 0.15) is 6.54 Å². The summed E-state index contributed by atoms with van der Waals surface area (Å²) in [6, 6.07) is 35.0. The van der Waals surface area contributed by atoms with Gasteiger partial charge in [0.25, 0.3) is 5.91 Å². The highest BCUT2D eigenvalue weighted by molar-refractivity contribution is 6.12. The molecule has 2 bridgehead atoms. The van der Waals surface area contributed by atoms with Crippen molar-refractivity contribution in [3.05, 3.63) is 131 Å². The van der Waals surface area contributed by atoms with Crippen molar-refractivity contribution >= 4 is 29.1 Å². The molecule has 0 saturated carbocycles. The number of carbonyl (C=O) groups excluding carboxylic acids is 3. The lowest BCUT2D eigenvalue weighted by molar-refractivity contribution is -0.143. The number of amides is 3. The molecule has 5 heteroatoms. The van der Waals surface area contributed by atoms with E-state index in [4.69, 9.17) is 0 Å². The molecule has 5 nitrogen and oxygen atoms in total. The summed E-state index contributed by atoms with van der Waals surface area (Å²) in [5.74, 6) is -2.16. The van der Waals surface area contributed by atoms with E-state index in [9.17, 15) is 14.4 Å². The number of carbonyl (C=O) groups is 3. The zero-order chi connectivity index (χ0) is 25.1. The fourth-order valence-corrected chi connectivity index (χ4v) is 6.69. The smallest absolute Gasteiger partial charge is 0.251 e. The minimum Gasteiger partial charge on any atom is -0.280 e. The highest BCUT2D eigenvalue weighted by Gasteiger charge is 2.61. The van der Waals surface area contributed by atoms with Gasteiger partial charge < -0.3 is 0 Å².